The first kappa shape index (κ1) is 18.3. The smallest absolute Gasteiger partial charge is 0.104 e. The largest absolute Gasteiger partial charge is 0.384 e. The highest BCUT2D eigenvalue weighted by atomic mass is 16.2. The van der Waals surface area contributed by atoms with Gasteiger partial charge in [0.25, 0.3) is 0 Å². The summed E-state index contributed by atoms with van der Waals surface area (Å²) in [6.45, 7) is 1.90. The van der Waals surface area contributed by atoms with Crippen LogP contribution in [0.25, 0.3) is 0 Å². The highest BCUT2D eigenvalue weighted by molar-refractivity contribution is 5.20. The highest BCUT2D eigenvalue weighted by Crippen LogP contribution is 1.79. The Morgan fingerprint density at radius 1 is 0.476 bits per heavy atom. The van der Waals surface area contributed by atoms with Gasteiger partial charge >= 0.3 is 0 Å². The first-order valence-corrected chi connectivity index (χ1v) is 6.77. The number of hydrogen-bond acceptors (Lipinski definition) is 1. The van der Waals surface area contributed by atoms with E-state index in [-0.39, 0.29) is 6.61 Å². The molecule has 0 rings (SSSR count). The van der Waals surface area contributed by atoms with E-state index < -0.39 is 0 Å². The first-order valence-electron chi connectivity index (χ1n) is 6.77. The summed E-state index contributed by atoms with van der Waals surface area (Å²) < 4.78 is 0. The Morgan fingerprint density at radius 2 is 0.762 bits per heavy atom. The van der Waals surface area contributed by atoms with Gasteiger partial charge in [-0.2, -0.15) is 0 Å². The van der Waals surface area contributed by atoms with E-state index in [1.165, 1.54) is 0 Å². The molecule has 0 unspecified atom stereocenters. The van der Waals surface area contributed by atoms with Crippen LogP contribution in [0.1, 0.15) is 45.4 Å². The van der Waals surface area contributed by atoms with Crippen LogP contribution in [0.2, 0.25) is 0 Å². The Kier molecular flexibility index (Phi) is 15.1. The summed E-state index contributed by atoms with van der Waals surface area (Å²) in [4.78, 5) is 0. The van der Waals surface area contributed by atoms with E-state index in [2.05, 4.69) is 71.0 Å². The molecular formula is C20H18O. The van der Waals surface area contributed by atoms with Crippen molar-refractivity contribution in [2.75, 3.05) is 6.61 Å². The van der Waals surface area contributed by atoms with E-state index in [1.807, 2.05) is 6.92 Å². The molecule has 0 radical (unpaired) electrons. The summed E-state index contributed by atoms with van der Waals surface area (Å²) >= 11 is 0. The van der Waals surface area contributed by atoms with Crippen molar-refractivity contribution in [3.63, 3.8) is 0 Å². The predicted octanol–water partition coefficient (Wildman–Crippen LogP) is 2.36. The van der Waals surface area contributed by atoms with Crippen LogP contribution in [0.5, 0.6) is 0 Å². The van der Waals surface area contributed by atoms with E-state index in [0.717, 1.165) is 6.42 Å². The van der Waals surface area contributed by atoms with Crippen LogP contribution in [0.15, 0.2) is 0 Å². The van der Waals surface area contributed by atoms with Crippen molar-refractivity contribution < 1.29 is 5.11 Å². The summed E-state index contributed by atoms with van der Waals surface area (Å²) in [6, 6.07) is 0. The van der Waals surface area contributed by atoms with Gasteiger partial charge in [-0.1, -0.05) is 72.0 Å². The minimum Gasteiger partial charge on any atom is -0.384 e. The predicted molar refractivity (Wildman–Crippen MR) is 87.1 cm³/mol. The SMILES string of the molecule is CCC#CCC#CCC#CCC#CCC#CCC#CCO. The third kappa shape index (κ3) is 17.3. The second kappa shape index (κ2) is 17.3. The van der Waals surface area contributed by atoms with E-state index in [1.54, 1.807) is 0 Å². The van der Waals surface area contributed by atoms with Gasteiger partial charge in [0.2, 0.25) is 0 Å². The summed E-state index contributed by atoms with van der Waals surface area (Å²) in [7, 11) is 0. The normalized spacial score (nSPS) is 6.57. The molecule has 1 heteroatoms. The summed E-state index contributed by atoms with van der Waals surface area (Å²) in [6.07, 6.45) is 3.61. The third-order valence-corrected chi connectivity index (χ3v) is 1.89. The monoisotopic (exact) mass is 274 g/mol. The second-order valence-corrected chi connectivity index (χ2v) is 3.52. The number of rotatable bonds is 0. The third-order valence-electron chi connectivity index (χ3n) is 1.89. The number of hydrogen-bond donors (Lipinski definition) is 1. The molecule has 104 valence electrons. The summed E-state index contributed by atoms with van der Waals surface area (Å²) in [5.41, 5.74) is 0. The molecule has 0 saturated carbocycles. The Balaban J connectivity index is 3.72. The van der Waals surface area contributed by atoms with Gasteiger partial charge in [-0.15, -0.1) is 5.92 Å². The van der Waals surface area contributed by atoms with Crippen molar-refractivity contribution >= 4 is 0 Å². The minimum absolute atomic E-state index is 0.114. The van der Waals surface area contributed by atoms with Crippen molar-refractivity contribution in [3.05, 3.63) is 0 Å². The van der Waals surface area contributed by atoms with Crippen molar-refractivity contribution in [1.29, 1.82) is 0 Å². The molecule has 1 N–H and O–H groups in total. The zero-order valence-electron chi connectivity index (χ0n) is 12.4. The van der Waals surface area contributed by atoms with Crippen molar-refractivity contribution in [2.24, 2.45) is 0 Å². The molecule has 0 aromatic carbocycles. The zero-order chi connectivity index (χ0) is 15.4. The maximum absolute atomic E-state index is 8.42. The molecular weight excluding hydrogens is 256 g/mol. The molecule has 0 aliphatic rings. The van der Waals surface area contributed by atoms with Crippen LogP contribution in [0, 0.1) is 71.0 Å². The second-order valence-electron chi connectivity index (χ2n) is 3.52. The maximum Gasteiger partial charge on any atom is 0.104 e. The fourth-order valence-electron chi connectivity index (χ4n) is 1.03. The van der Waals surface area contributed by atoms with Gasteiger partial charge in [-0.05, 0) is 0 Å². The molecule has 1 nitrogen and oxygen atoms in total. The number of aliphatic hydroxyl groups excluding tert-OH is 1. The molecule has 0 fully saturated rings. The lowest BCUT2D eigenvalue weighted by Crippen LogP contribution is -1.70. The van der Waals surface area contributed by atoms with Gasteiger partial charge in [0.1, 0.15) is 6.61 Å². The summed E-state index contributed by atoms with van der Waals surface area (Å²) in [5.74, 6) is 34.6. The molecule has 0 saturated heterocycles. The van der Waals surface area contributed by atoms with Crippen LogP contribution in [-0.2, 0) is 0 Å². The molecule has 0 aliphatic heterocycles. The molecule has 0 bridgehead atoms. The molecule has 0 heterocycles. The number of aliphatic hydroxyl groups is 1. The van der Waals surface area contributed by atoms with Gasteiger partial charge in [0.05, 0.1) is 32.1 Å². The van der Waals surface area contributed by atoms with Gasteiger partial charge in [0.15, 0.2) is 0 Å². The van der Waals surface area contributed by atoms with Crippen LogP contribution >= 0.6 is 0 Å². The van der Waals surface area contributed by atoms with Crippen LogP contribution < -0.4 is 0 Å². The maximum atomic E-state index is 8.42. The lowest BCUT2D eigenvalue weighted by molar-refractivity contribution is 0.350. The molecule has 21 heavy (non-hydrogen) atoms. The fourth-order valence-corrected chi connectivity index (χ4v) is 1.03. The molecule has 0 aliphatic carbocycles. The zero-order valence-corrected chi connectivity index (χ0v) is 12.4. The standard InChI is InChI=1S/C20H18O/c1-2-3-4-5-6-7-8-9-10-11-12-13-14-15-16-17-18-19-20-21/h21H,2,5,8,11,14,17,20H2,1H3. The van der Waals surface area contributed by atoms with Crippen LogP contribution in [0.3, 0.4) is 0 Å². The van der Waals surface area contributed by atoms with Gasteiger partial charge in [-0.3, -0.25) is 0 Å². The van der Waals surface area contributed by atoms with Crippen LogP contribution in [-0.4, -0.2) is 11.7 Å². The molecule has 0 amide bonds. The first-order chi connectivity index (χ1) is 10.4. The fraction of sp³-hybridized carbons (Fsp3) is 0.400. The Labute approximate surface area is 128 Å². The van der Waals surface area contributed by atoms with Gasteiger partial charge < -0.3 is 5.11 Å². The minimum atomic E-state index is -0.114. The average molecular weight is 274 g/mol. The lowest BCUT2D eigenvalue weighted by atomic mass is 10.3. The average Bonchev–Trinajstić information content (AvgIpc) is 2.50. The van der Waals surface area contributed by atoms with E-state index in [0.29, 0.717) is 32.1 Å². The van der Waals surface area contributed by atoms with Gasteiger partial charge in [-0.25, -0.2) is 0 Å². The summed E-state index contributed by atoms with van der Waals surface area (Å²) in [5, 5.41) is 8.42. The highest BCUT2D eigenvalue weighted by Gasteiger charge is 1.71. The Bertz CT molecular complexity index is 584. The quantitative estimate of drug-likeness (QED) is 0.672. The molecule has 0 aromatic heterocycles. The van der Waals surface area contributed by atoms with Crippen LogP contribution in [0.4, 0.5) is 0 Å². The van der Waals surface area contributed by atoms with E-state index in [9.17, 15) is 0 Å². The molecule has 0 spiro atoms. The van der Waals surface area contributed by atoms with E-state index >= 15 is 0 Å². The Morgan fingerprint density at radius 3 is 1.05 bits per heavy atom. The van der Waals surface area contributed by atoms with Gasteiger partial charge in [0, 0.05) is 6.42 Å². The Hall–Kier alpha value is -2.68. The topological polar surface area (TPSA) is 20.2 Å². The van der Waals surface area contributed by atoms with Crippen molar-refractivity contribution in [1.82, 2.24) is 0 Å². The molecule has 0 aromatic rings. The van der Waals surface area contributed by atoms with Crippen molar-refractivity contribution in [2.45, 2.75) is 45.4 Å². The van der Waals surface area contributed by atoms with Crippen molar-refractivity contribution in [3.8, 4) is 71.0 Å². The molecule has 0 atom stereocenters. The van der Waals surface area contributed by atoms with E-state index in [4.69, 9.17) is 5.11 Å². The lowest BCUT2D eigenvalue weighted by Gasteiger charge is -1.74.